The van der Waals surface area contributed by atoms with Gasteiger partial charge in [0.2, 0.25) is 0 Å². The van der Waals surface area contributed by atoms with Gasteiger partial charge in [0.25, 0.3) is 0 Å². The molecule has 0 aliphatic carbocycles. The first-order valence-corrected chi connectivity index (χ1v) is 6.31. The standard InChI is InChI=1S/C12H26N2O/c1-3-12-11-14(9-6-7-13-12)8-4-5-10-15-2/h12-13H,3-11H2,1-2H3. The van der Waals surface area contributed by atoms with Crippen LogP contribution in [0.25, 0.3) is 0 Å². The molecule has 0 radical (unpaired) electrons. The zero-order chi connectivity index (χ0) is 10.9. The van der Waals surface area contributed by atoms with E-state index in [1.165, 1.54) is 51.9 Å². The number of methoxy groups -OCH3 is 1. The minimum atomic E-state index is 0.704. The molecule has 90 valence electrons. The van der Waals surface area contributed by atoms with Crippen LogP contribution in [-0.2, 0) is 4.74 Å². The Morgan fingerprint density at radius 2 is 2.27 bits per heavy atom. The van der Waals surface area contributed by atoms with Crippen LogP contribution in [0.1, 0.15) is 32.6 Å². The second kappa shape index (κ2) is 8.08. The van der Waals surface area contributed by atoms with Crippen molar-refractivity contribution < 1.29 is 4.74 Å². The maximum Gasteiger partial charge on any atom is 0.0462 e. The van der Waals surface area contributed by atoms with Crippen LogP contribution in [0.4, 0.5) is 0 Å². The minimum Gasteiger partial charge on any atom is -0.385 e. The van der Waals surface area contributed by atoms with Crippen molar-refractivity contribution in [1.82, 2.24) is 10.2 Å². The summed E-state index contributed by atoms with van der Waals surface area (Å²) in [6, 6.07) is 0.704. The summed E-state index contributed by atoms with van der Waals surface area (Å²) >= 11 is 0. The van der Waals surface area contributed by atoms with Gasteiger partial charge in [-0.1, -0.05) is 6.92 Å². The van der Waals surface area contributed by atoms with Gasteiger partial charge in [0, 0.05) is 26.3 Å². The molecule has 1 unspecified atom stereocenters. The van der Waals surface area contributed by atoms with Gasteiger partial charge in [-0.15, -0.1) is 0 Å². The van der Waals surface area contributed by atoms with Crippen LogP contribution in [0.15, 0.2) is 0 Å². The Balaban J connectivity index is 2.15. The molecule has 0 saturated carbocycles. The van der Waals surface area contributed by atoms with Gasteiger partial charge in [-0.3, -0.25) is 0 Å². The molecule has 3 heteroatoms. The van der Waals surface area contributed by atoms with E-state index in [1.807, 2.05) is 0 Å². The molecule has 0 spiro atoms. The molecule has 0 aromatic carbocycles. The summed E-state index contributed by atoms with van der Waals surface area (Å²) in [5.41, 5.74) is 0. The van der Waals surface area contributed by atoms with Crippen molar-refractivity contribution in [2.75, 3.05) is 39.9 Å². The third-order valence-electron chi connectivity index (χ3n) is 3.13. The normalized spacial score (nSPS) is 24.0. The third kappa shape index (κ3) is 5.50. The van der Waals surface area contributed by atoms with E-state index < -0.39 is 0 Å². The average Bonchev–Trinajstić information content (AvgIpc) is 2.49. The molecule has 1 atom stereocenters. The lowest BCUT2D eigenvalue weighted by Crippen LogP contribution is -2.37. The van der Waals surface area contributed by atoms with Crippen molar-refractivity contribution in [3.63, 3.8) is 0 Å². The lowest BCUT2D eigenvalue weighted by Gasteiger charge is -2.23. The summed E-state index contributed by atoms with van der Waals surface area (Å²) in [5.74, 6) is 0. The predicted octanol–water partition coefficient (Wildman–Crippen LogP) is 1.49. The molecule has 1 aliphatic rings. The van der Waals surface area contributed by atoms with E-state index in [2.05, 4.69) is 17.1 Å². The largest absolute Gasteiger partial charge is 0.385 e. The van der Waals surface area contributed by atoms with Gasteiger partial charge >= 0.3 is 0 Å². The summed E-state index contributed by atoms with van der Waals surface area (Å²) in [4.78, 5) is 2.60. The Morgan fingerprint density at radius 3 is 3.00 bits per heavy atom. The van der Waals surface area contributed by atoms with Gasteiger partial charge in [0.15, 0.2) is 0 Å². The van der Waals surface area contributed by atoms with Crippen LogP contribution < -0.4 is 5.32 Å². The molecule has 1 N–H and O–H groups in total. The zero-order valence-electron chi connectivity index (χ0n) is 10.3. The Hall–Kier alpha value is -0.120. The van der Waals surface area contributed by atoms with Gasteiger partial charge in [-0.05, 0) is 45.3 Å². The molecule has 1 heterocycles. The third-order valence-corrected chi connectivity index (χ3v) is 3.13. The Labute approximate surface area is 94.2 Å². The van der Waals surface area contributed by atoms with E-state index in [1.54, 1.807) is 7.11 Å². The maximum atomic E-state index is 5.07. The first-order valence-electron chi connectivity index (χ1n) is 6.31. The molecule has 0 aromatic rings. The fourth-order valence-corrected chi connectivity index (χ4v) is 2.13. The number of nitrogens with zero attached hydrogens (tertiary/aromatic N) is 1. The van der Waals surface area contributed by atoms with Gasteiger partial charge in [-0.2, -0.15) is 0 Å². The van der Waals surface area contributed by atoms with Crippen LogP contribution in [-0.4, -0.2) is 50.8 Å². The molecule has 0 aromatic heterocycles. The fourth-order valence-electron chi connectivity index (χ4n) is 2.13. The van der Waals surface area contributed by atoms with E-state index in [0.717, 1.165) is 6.61 Å². The summed E-state index contributed by atoms with van der Waals surface area (Å²) in [5, 5.41) is 3.60. The molecular formula is C12H26N2O. The summed E-state index contributed by atoms with van der Waals surface area (Å²) in [7, 11) is 1.78. The monoisotopic (exact) mass is 214 g/mol. The number of hydrogen-bond acceptors (Lipinski definition) is 3. The van der Waals surface area contributed by atoms with Gasteiger partial charge in [-0.25, -0.2) is 0 Å². The summed E-state index contributed by atoms with van der Waals surface area (Å²) < 4.78 is 5.07. The van der Waals surface area contributed by atoms with Crippen LogP contribution in [0, 0.1) is 0 Å². The van der Waals surface area contributed by atoms with Crippen molar-refractivity contribution in [2.24, 2.45) is 0 Å². The highest BCUT2D eigenvalue weighted by Gasteiger charge is 2.15. The van der Waals surface area contributed by atoms with Crippen LogP contribution in [0.5, 0.6) is 0 Å². The summed E-state index contributed by atoms with van der Waals surface area (Å²) in [6.07, 6.45) is 5.00. The molecule has 0 amide bonds. The number of ether oxygens (including phenoxy) is 1. The van der Waals surface area contributed by atoms with E-state index in [0.29, 0.717) is 6.04 Å². The van der Waals surface area contributed by atoms with Gasteiger partial charge in [0.1, 0.15) is 0 Å². The average molecular weight is 214 g/mol. The van der Waals surface area contributed by atoms with Crippen molar-refractivity contribution in [3.8, 4) is 0 Å². The highest BCUT2D eigenvalue weighted by molar-refractivity contribution is 4.75. The molecule has 3 nitrogen and oxygen atoms in total. The number of nitrogens with one attached hydrogen (secondary N) is 1. The number of hydrogen-bond donors (Lipinski definition) is 1. The quantitative estimate of drug-likeness (QED) is 0.678. The first-order chi connectivity index (χ1) is 7.36. The topological polar surface area (TPSA) is 24.5 Å². The molecule has 1 saturated heterocycles. The Bertz CT molecular complexity index is 153. The minimum absolute atomic E-state index is 0.704. The SMILES string of the molecule is CCC1CN(CCCCOC)CCCN1. The lowest BCUT2D eigenvalue weighted by molar-refractivity contribution is 0.183. The second-order valence-electron chi connectivity index (χ2n) is 4.41. The highest BCUT2D eigenvalue weighted by atomic mass is 16.5. The Kier molecular flexibility index (Phi) is 6.98. The molecule has 1 aliphatic heterocycles. The highest BCUT2D eigenvalue weighted by Crippen LogP contribution is 2.05. The van der Waals surface area contributed by atoms with E-state index in [-0.39, 0.29) is 0 Å². The lowest BCUT2D eigenvalue weighted by atomic mass is 10.2. The maximum absolute atomic E-state index is 5.07. The van der Waals surface area contributed by atoms with Crippen LogP contribution in [0.3, 0.4) is 0 Å². The van der Waals surface area contributed by atoms with Gasteiger partial charge in [0.05, 0.1) is 0 Å². The van der Waals surface area contributed by atoms with Crippen molar-refractivity contribution in [1.29, 1.82) is 0 Å². The van der Waals surface area contributed by atoms with E-state index in [4.69, 9.17) is 4.74 Å². The van der Waals surface area contributed by atoms with E-state index in [9.17, 15) is 0 Å². The molecule has 1 fully saturated rings. The van der Waals surface area contributed by atoms with E-state index >= 15 is 0 Å². The van der Waals surface area contributed by atoms with Crippen molar-refractivity contribution in [3.05, 3.63) is 0 Å². The van der Waals surface area contributed by atoms with Crippen LogP contribution >= 0.6 is 0 Å². The number of unbranched alkanes of at least 4 members (excludes halogenated alkanes) is 1. The van der Waals surface area contributed by atoms with Crippen molar-refractivity contribution >= 4 is 0 Å². The second-order valence-corrected chi connectivity index (χ2v) is 4.41. The predicted molar refractivity (Wildman–Crippen MR) is 64.2 cm³/mol. The molecule has 1 rings (SSSR count). The molecule has 0 bridgehead atoms. The fraction of sp³-hybridized carbons (Fsp3) is 1.00. The summed E-state index contributed by atoms with van der Waals surface area (Å²) in [6.45, 7) is 8.09. The van der Waals surface area contributed by atoms with Crippen molar-refractivity contribution in [2.45, 2.75) is 38.6 Å². The van der Waals surface area contributed by atoms with Gasteiger partial charge < -0.3 is 15.0 Å². The first kappa shape index (κ1) is 12.9. The molecular weight excluding hydrogens is 188 g/mol. The zero-order valence-corrected chi connectivity index (χ0v) is 10.3. The Morgan fingerprint density at radius 1 is 1.40 bits per heavy atom. The smallest absolute Gasteiger partial charge is 0.0462 e. The number of rotatable bonds is 6. The van der Waals surface area contributed by atoms with Crippen LogP contribution in [0.2, 0.25) is 0 Å². The molecule has 15 heavy (non-hydrogen) atoms.